The molecule has 5 heteroatoms. The van der Waals surface area contributed by atoms with Crippen LogP contribution in [-0.2, 0) is 22.6 Å². The minimum absolute atomic E-state index is 0.0280. The molecule has 0 spiro atoms. The zero-order valence-corrected chi connectivity index (χ0v) is 15.0. The van der Waals surface area contributed by atoms with Gasteiger partial charge in [0.05, 0.1) is 19.5 Å². The van der Waals surface area contributed by atoms with E-state index in [9.17, 15) is 9.59 Å². The second-order valence-corrected chi connectivity index (χ2v) is 6.35. The maximum Gasteiger partial charge on any atom is 0.242 e. The highest BCUT2D eigenvalue weighted by atomic mass is 16.3. The van der Waals surface area contributed by atoms with Gasteiger partial charge < -0.3 is 14.6 Å². The molecule has 0 aliphatic rings. The molecule has 0 saturated heterocycles. The second kappa shape index (κ2) is 7.87. The van der Waals surface area contributed by atoms with Crippen LogP contribution in [0.25, 0.3) is 10.8 Å². The first-order valence-electron chi connectivity index (χ1n) is 8.55. The van der Waals surface area contributed by atoms with Crippen molar-refractivity contribution in [2.45, 2.75) is 19.9 Å². The Morgan fingerprint density at radius 1 is 1.04 bits per heavy atom. The SMILES string of the molecule is Cc1ccc(CN(C)C(=O)CNC(=O)Cc2cccc3ccccc23)o1. The Labute approximate surface area is 152 Å². The van der Waals surface area contributed by atoms with Gasteiger partial charge >= 0.3 is 0 Å². The molecule has 1 aromatic heterocycles. The molecule has 0 bridgehead atoms. The lowest BCUT2D eigenvalue weighted by Crippen LogP contribution is -2.38. The van der Waals surface area contributed by atoms with Crippen molar-refractivity contribution in [2.24, 2.45) is 0 Å². The lowest BCUT2D eigenvalue weighted by atomic mass is 10.0. The summed E-state index contributed by atoms with van der Waals surface area (Å²) in [5.41, 5.74) is 0.951. The predicted octanol–water partition coefficient (Wildman–Crippen LogP) is 3.06. The molecule has 2 amide bonds. The first-order valence-corrected chi connectivity index (χ1v) is 8.55. The Hall–Kier alpha value is -3.08. The zero-order chi connectivity index (χ0) is 18.5. The predicted molar refractivity (Wildman–Crippen MR) is 101 cm³/mol. The van der Waals surface area contributed by atoms with E-state index in [1.807, 2.05) is 61.5 Å². The number of rotatable bonds is 6. The fourth-order valence-corrected chi connectivity index (χ4v) is 2.88. The third-order valence-electron chi connectivity index (χ3n) is 4.28. The van der Waals surface area contributed by atoms with Gasteiger partial charge in [0.2, 0.25) is 11.8 Å². The number of hydrogen-bond acceptors (Lipinski definition) is 3. The topological polar surface area (TPSA) is 62.6 Å². The third-order valence-corrected chi connectivity index (χ3v) is 4.28. The highest BCUT2D eigenvalue weighted by Gasteiger charge is 2.13. The van der Waals surface area contributed by atoms with Gasteiger partial charge in [0, 0.05) is 7.05 Å². The van der Waals surface area contributed by atoms with Crippen LogP contribution in [0.5, 0.6) is 0 Å². The van der Waals surface area contributed by atoms with Gasteiger partial charge in [-0.2, -0.15) is 0 Å². The van der Waals surface area contributed by atoms with E-state index < -0.39 is 0 Å². The van der Waals surface area contributed by atoms with Crippen molar-refractivity contribution in [3.05, 3.63) is 71.7 Å². The van der Waals surface area contributed by atoms with Crippen LogP contribution in [0.15, 0.2) is 59.0 Å². The lowest BCUT2D eigenvalue weighted by molar-refractivity contribution is -0.132. The van der Waals surface area contributed by atoms with Crippen LogP contribution < -0.4 is 5.32 Å². The van der Waals surface area contributed by atoms with Crippen LogP contribution in [0.3, 0.4) is 0 Å². The number of fused-ring (bicyclic) bond motifs is 1. The molecule has 1 N–H and O–H groups in total. The minimum Gasteiger partial charge on any atom is -0.464 e. The van der Waals surface area contributed by atoms with E-state index in [0.717, 1.165) is 27.9 Å². The summed E-state index contributed by atoms with van der Waals surface area (Å²) in [5.74, 6) is 1.20. The molecule has 0 atom stereocenters. The Bertz CT molecular complexity index is 924. The number of benzene rings is 2. The van der Waals surface area contributed by atoms with Crippen LogP contribution in [0, 0.1) is 6.92 Å². The molecule has 0 saturated carbocycles. The molecule has 134 valence electrons. The Balaban J connectivity index is 1.54. The van der Waals surface area contributed by atoms with Crippen molar-refractivity contribution < 1.29 is 14.0 Å². The zero-order valence-electron chi connectivity index (χ0n) is 15.0. The molecule has 1 heterocycles. The molecule has 3 rings (SSSR count). The summed E-state index contributed by atoms with van der Waals surface area (Å²) in [6, 6.07) is 17.6. The molecular weight excluding hydrogens is 328 g/mol. The standard InChI is InChI=1S/C21H22N2O3/c1-15-10-11-18(26-15)14-23(2)21(25)13-22-20(24)12-17-8-5-7-16-6-3-4-9-19(16)17/h3-11H,12-14H2,1-2H3,(H,22,24). The van der Waals surface area contributed by atoms with Crippen molar-refractivity contribution in [1.82, 2.24) is 10.2 Å². The molecule has 2 aromatic carbocycles. The summed E-state index contributed by atoms with van der Waals surface area (Å²) in [6.07, 6.45) is 0.246. The van der Waals surface area contributed by atoms with Crippen molar-refractivity contribution in [2.75, 3.05) is 13.6 Å². The quantitative estimate of drug-likeness (QED) is 0.743. The number of hydrogen-bond donors (Lipinski definition) is 1. The molecule has 0 radical (unpaired) electrons. The third kappa shape index (κ3) is 4.30. The van der Waals surface area contributed by atoms with Gasteiger partial charge in [-0.15, -0.1) is 0 Å². The highest BCUT2D eigenvalue weighted by molar-refractivity contribution is 5.91. The number of nitrogens with one attached hydrogen (secondary N) is 1. The van der Waals surface area contributed by atoms with E-state index >= 15 is 0 Å². The molecule has 0 aliphatic carbocycles. The van der Waals surface area contributed by atoms with Crippen LogP contribution >= 0.6 is 0 Å². The summed E-state index contributed by atoms with van der Waals surface area (Å²) < 4.78 is 5.47. The summed E-state index contributed by atoms with van der Waals surface area (Å²) in [5, 5.41) is 4.86. The van der Waals surface area contributed by atoms with Gasteiger partial charge in [0.15, 0.2) is 0 Å². The van der Waals surface area contributed by atoms with E-state index in [0.29, 0.717) is 6.54 Å². The molecule has 0 unspecified atom stereocenters. The fraction of sp³-hybridized carbons (Fsp3) is 0.238. The molecule has 0 fully saturated rings. The number of likely N-dealkylation sites (N-methyl/N-ethyl adjacent to an activating group) is 1. The van der Waals surface area contributed by atoms with Crippen LogP contribution in [0.1, 0.15) is 17.1 Å². The molecule has 26 heavy (non-hydrogen) atoms. The number of nitrogens with zero attached hydrogens (tertiary/aromatic N) is 1. The number of furan rings is 1. The normalized spacial score (nSPS) is 10.7. The van der Waals surface area contributed by atoms with Crippen LogP contribution in [0.4, 0.5) is 0 Å². The Morgan fingerprint density at radius 3 is 2.58 bits per heavy atom. The highest BCUT2D eigenvalue weighted by Crippen LogP contribution is 2.18. The van der Waals surface area contributed by atoms with Gasteiger partial charge in [-0.1, -0.05) is 42.5 Å². The van der Waals surface area contributed by atoms with Crippen LogP contribution in [-0.4, -0.2) is 30.3 Å². The molecular formula is C21H22N2O3. The molecule has 5 nitrogen and oxygen atoms in total. The van der Waals surface area contributed by atoms with Gasteiger partial charge in [-0.25, -0.2) is 0 Å². The largest absolute Gasteiger partial charge is 0.464 e. The smallest absolute Gasteiger partial charge is 0.242 e. The summed E-state index contributed by atoms with van der Waals surface area (Å²) in [4.78, 5) is 26.0. The first-order chi connectivity index (χ1) is 12.5. The maximum absolute atomic E-state index is 12.2. The van der Waals surface area contributed by atoms with Crippen molar-refractivity contribution in [3.63, 3.8) is 0 Å². The average molecular weight is 350 g/mol. The summed E-state index contributed by atoms with van der Waals surface area (Å²) in [6.45, 7) is 2.21. The van der Waals surface area contributed by atoms with Crippen molar-refractivity contribution >= 4 is 22.6 Å². The van der Waals surface area contributed by atoms with Crippen molar-refractivity contribution in [1.29, 1.82) is 0 Å². The maximum atomic E-state index is 12.2. The van der Waals surface area contributed by atoms with E-state index in [1.165, 1.54) is 4.90 Å². The van der Waals surface area contributed by atoms with Gasteiger partial charge in [-0.3, -0.25) is 9.59 Å². The average Bonchev–Trinajstić information content (AvgIpc) is 3.04. The van der Waals surface area contributed by atoms with Gasteiger partial charge in [0.25, 0.3) is 0 Å². The summed E-state index contributed by atoms with van der Waals surface area (Å²) >= 11 is 0. The number of carbonyl (C=O) groups excluding carboxylic acids is 2. The first kappa shape index (κ1) is 17.7. The summed E-state index contributed by atoms with van der Waals surface area (Å²) in [7, 11) is 1.69. The minimum atomic E-state index is -0.169. The fourth-order valence-electron chi connectivity index (χ4n) is 2.88. The van der Waals surface area contributed by atoms with E-state index in [2.05, 4.69) is 5.32 Å². The molecule has 3 aromatic rings. The monoisotopic (exact) mass is 350 g/mol. The number of aryl methyl sites for hydroxylation is 1. The molecule has 0 aliphatic heterocycles. The van der Waals surface area contributed by atoms with E-state index in [1.54, 1.807) is 7.05 Å². The Morgan fingerprint density at radius 2 is 1.81 bits per heavy atom. The van der Waals surface area contributed by atoms with Crippen LogP contribution in [0.2, 0.25) is 0 Å². The number of amides is 2. The van der Waals surface area contributed by atoms with Gasteiger partial charge in [0.1, 0.15) is 11.5 Å². The second-order valence-electron chi connectivity index (χ2n) is 6.35. The lowest BCUT2D eigenvalue weighted by Gasteiger charge is -2.16. The van der Waals surface area contributed by atoms with E-state index in [-0.39, 0.29) is 24.8 Å². The van der Waals surface area contributed by atoms with Gasteiger partial charge in [-0.05, 0) is 35.4 Å². The number of carbonyl (C=O) groups is 2. The van der Waals surface area contributed by atoms with E-state index in [4.69, 9.17) is 4.42 Å². The van der Waals surface area contributed by atoms with Crippen molar-refractivity contribution in [3.8, 4) is 0 Å². The Kier molecular flexibility index (Phi) is 5.37.